The largest absolute Gasteiger partial charge is 0.393 e. The topological polar surface area (TPSA) is 38.0 Å². The van der Waals surface area contributed by atoms with Crippen LogP contribution >= 0.6 is 0 Å². The smallest absolute Gasteiger partial charge is 0.0659 e. The van der Waals surface area contributed by atoms with E-state index in [4.69, 9.17) is 0 Å². The summed E-state index contributed by atoms with van der Waals surface area (Å²) in [6.07, 6.45) is 2.97. The SMILES string of the molecule is [CH2]Cc1nn(Cc2ccccc2)cc1CC(C)O. The maximum atomic E-state index is 9.47. The van der Waals surface area contributed by atoms with Crippen LogP contribution < -0.4 is 0 Å². The van der Waals surface area contributed by atoms with Crippen molar-refractivity contribution in [2.45, 2.75) is 32.4 Å². The Kier molecular flexibility index (Phi) is 4.15. The van der Waals surface area contributed by atoms with Gasteiger partial charge in [0.25, 0.3) is 0 Å². The Labute approximate surface area is 108 Å². The molecule has 0 fully saturated rings. The highest BCUT2D eigenvalue weighted by Gasteiger charge is 2.09. The molecule has 1 aromatic heterocycles. The van der Waals surface area contributed by atoms with Gasteiger partial charge in [-0.1, -0.05) is 30.3 Å². The van der Waals surface area contributed by atoms with Gasteiger partial charge in [-0.2, -0.15) is 5.10 Å². The van der Waals surface area contributed by atoms with Gasteiger partial charge in [-0.25, -0.2) is 0 Å². The van der Waals surface area contributed by atoms with Crippen LogP contribution in [0.1, 0.15) is 23.7 Å². The van der Waals surface area contributed by atoms with E-state index in [-0.39, 0.29) is 6.10 Å². The molecular formula is C15H19N2O. The van der Waals surface area contributed by atoms with E-state index in [9.17, 15) is 5.11 Å². The summed E-state index contributed by atoms with van der Waals surface area (Å²) in [6, 6.07) is 10.2. The van der Waals surface area contributed by atoms with Crippen molar-refractivity contribution in [1.29, 1.82) is 0 Å². The van der Waals surface area contributed by atoms with Crippen molar-refractivity contribution in [3.63, 3.8) is 0 Å². The minimum absolute atomic E-state index is 0.343. The first-order valence-electron chi connectivity index (χ1n) is 6.25. The second-order valence-corrected chi connectivity index (χ2v) is 4.59. The Morgan fingerprint density at radius 3 is 2.67 bits per heavy atom. The molecule has 3 nitrogen and oxygen atoms in total. The van der Waals surface area contributed by atoms with Crippen molar-refractivity contribution in [3.05, 3.63) is 60.3 Å². The minimum atomic E-state index is -0.343. The van der Waals surface area contributed by atoms with Gasteiger partial charge in [-0.05, 0) is 31.4 Å². The maximum Gasteiger partial charge on any atom is 0.0659 e. The fraction of sp³-hybridized carbons (Fsp3) is 0.333. The summed E-state index contributed by atoms with van der Waals surface area (Å²) in [5.41, 5.74) is 3.29. The zero-order valence-corrected chi connectivity index (χ0v) is 10.7. The molecule has 0 saturated carbocycles. The Morgan fingerprint density at radius 1 is 1.33 bits per heavy atom. The zero-order valence-electron chi connectivity index (χ0n) is 10.7. The number of aliphatic hydroxyl groups is 1. The van der Waals surface area contributed by atoms with E-state index in [1.807, 2.05) is 29.1 Å². The lowest BCUT2D eigenvalue weighted by atomic mass is 10.1. The third-order valence-electron chi connectivity index (χ3n) is 2.86. The second kappa shape index (κ2) is 5.83. The summed E-state index contributed by atoms with van der Waals surface area (Å²) in [6.45, 7) is 6.44. The normalized spacial score (nSPS) is 12.6. The highest BCUT2D eigenvalue weighted by Crippen LogP contribution is 2.12. The van der Waals surface area contributed by atoms with E-state index < -0.39 is 0 Å². The molecule has 0 aliphatic carbocycles. The molecule has 0 aliphatic heterocycles. The standard InChI is InChI=1S/C15H19N2O/c1-3-15-14(9-12(2)18)11-17(16-15)10-13-7-5-4-6-8-13/h4-8,11-12,18H,1,3,9-10H2,2H3. The fourth-order valence-corrected chi connectivity index (χ4v) is 2.05. The molecule has 95 valence electrons. The number of aliphatic hydroxyl groups excluding tert-OH is 1. The molecule has 0 aliphatic rings. The van der Waals surface area contributed by atoms with Crippen molar-refractivity contribution in [2.24, 2.45) is 0 Å². The van der Waals surface area contributed by atoms with Crippen LogP contribution in [0.4, 0.5) is 0 Å². The fourth-order valence-electron chi connectivity index (χ4n) is 2.05. The van der Waals surface area contributed by atoms with Crippen LogP contribution in [-0.4, -0.2) is 21.0 Å². The first kappa shape index (κ1) is 12.8. The molecule has 18 heavy (non-hydrogen) atoms. The van der Waals surface area contributed by atoms with E-state index in [1.54, 1.807) is 6.92 Å². The van der Waals surface area contributed by atoms with Gasteiger partial charge in [0.2, 0.25) is 0 Å². The zero-order chi connectivity index (χ0) is 13.0. The summed E-state index contributed by atoms with van der Waals surface area (Å²) >= 11 is 0. The predicted octanol–water partition coefficient (Wildman–Crippen LogP) is 2.23. The lowest BCUT2D eigenvalue weighted by Crippen LogP contribution is -2.05. The van der Waals surface area contributed by atoms with E-state index in [0.29, 0.717) is 12.8 Å². The molecule has 0 bridgehead atoms. The maximum absolute atomic E-state index is 9.47. The highest BCUT2D eigenvalue weighted by molar-refractivity contribution is 5.21. The Morgan fingerprint density at radius 2 is 2.06 bits per heavy atom. The number of nitrogens with zero attached hydrogens (tertiary/aromatic N) is 2. The van der Waals surface area contributed by atoms with E-state index in [1.165, 1.54) is 5.56 Å². The Hall–Kier alpha value is -1.61. The number of hydrogen-bond donors (Lipinski definition) is 1. The highest BCUT2D eigenvalue weighted by atomic mass is 16.3. The average molecular weight is 243 g/mol. The predicted molar refractivity (Wildman–Crippen MR) is 72.2 cm³/mol. The monoisotopic (exact) mass is 243 g/mol. The minimum Gasteiger partial charge on any atom is -0.393 e. The number of rotatable bonds is 5. The average Bonchev–Trinajstić information content (AvgIpc) is 2.71. The molecule has 1 atom stereocenters. The van der Waals surface area contributed by atoms with Crippen molar-refractivity contribution in [2.75, 3.05) is 0 Å². The third-order valence-corrected chi connectivity index (χ3v) is 2.86. The summed E-state index contributed by atoms with van der Waals surface area (Å²) in [7, 11) is 0. The van der Waals surface area contributed by atoms with Gasteiger partial charge in [0, 0.05) is 12.6 Å². The molecular weight excluding hydrogens is 224 g/mol. The summed E-state index contributed by atoms with van der Waals surface area (Å²) < 4.78 is 1.92. The van der Waals surface area contributed by atoms with Gasteiger partial charge in [0.15, 0.2) is 0 Å². The van der Waals surface area contributed by atoms with Crippen LogP contribution in [0.25, 0.3) is 0 Å². The molecule has 0 saturated heterocycles. The van der Waals surface area contributed by atoms with Crippen molar-refractivity contribution >= 4 is 0 Å². The molecule has 1 unspecified atom stereocenters. The van der Waals surface area contributed by atoms with Crippen LogP contribution in [0.5, 0.6) is 0 Å². The second-order valence-electron chi connectivity index (χ2n) is 4.59. The molecule has 2 rings (SSSR count). The molecule has 0 spiro atoms. The van der Waals surface area contributed by atoms with E-state index in [0.717, 1.165) is 17.8 Å². The Balaban J connectivity index is 2.17. The van der Waals surface area contributed by atoms with Crippen LogP contribution in [0.15, 0.2) is 36.5 Å². The van der Waals surface area contributed by atoms with E-state index >= 15 is 0 Å². The first-order valence-corrected chi connectivity index (χ1v) is 6.25. The molecule has 1 radical (unpaired) electrons. The van der Waals surface area contributed by atoms with Crippen molar-refractivity contribution < 1.29 is 5.11 Å². The van der Waals surface area contributed by atoms with Crippen LogP contribution in [-0.2, 0) is 19.4 Å². The first-order chi connectivity index (χ1) is 8.69. The van der Waals surface area contributed by atoms with Crippen LogP contribution in [0.2, 0.25) is 0 Å². The van der Waals surface area contributed by atoms with Gasteiger partial charge >= 0.3 is 0 Å². The van der Waals surface area contributed by atoms with Crippen molar-refractivity contribution in [3.8, 4) is 0 Å². The molecule has 3 heteroatoms. The van der Waals surface area contributed by atoms with Gasteiger partial charge in [-0.15, -0.1) is 0 Å². The summed E-state index contributed by atoms with van der Waals surface area (Å²) in [5.74, 6) is 0. The molecule has 1 N–H and O–H groups in total. The molecule has 1 heterocycles. The molecule has 0 amide bonds. The quantitative estimate of drug-likeness (QED) is 0.874. The number of aromatic nitrogens is 2. The number of benzene rings is 1. The van der Waals surface area contributed by atoms with Gasteiger partial charge in [0.1, 0.15) is 0 Å². The van der Waals surface area contributed by atoms with E-state index in [2.05, 4.69) is 24.2 Å². The van der Waals surface area contributed by atoms with Crippen molar-refractivity contribution in [1.82, 2.24) is 9.78 Å². The van der Waals surface area contributed by atoms with Gasteiger partial charge < -0.3 is 5.11 Å². The van der Waals surface area contributed by atoms with Crippen LogP contribution in [0, 0.1) is 6.92 Å². The van der Waals surface area contributed by atoms with Gasteiger partial charge in [-0.3, -0.25) is 4.68 Å². The lowest BCUT2D eigenvalue weighted by Gasteiger charge is -2.02. The molecule has 2 aromatic rings. The lowest BCUT2D eigenvalue weighted by molar-refractivity contribution is 0.195. The van der Waals surface area contributed by atoms with Gasteiger partial charge in [0.05, 0.1) is 18.3 Å². The molecule has 1 aromatic carbocycles. The summed E-state index contributed by atoms with van der Waals surface area (Å²) in [4.78, 5) is 0. The van der Waals surface area contributed by atoms with Crippen LogP contribution in [0.3, 0.4) is 0 Å². The third kappa shape index (κ3) is 3.20. The summed E-state index contributed by atoms with van der Waals surface area (Å²) in [5, 5.41) is 14.0. The Bertz CT molecular complexity index is 488. The number of hydrogen-bond acceptors (Lipinski definition) is 2.